The molecule has 0 atom stereocenters. The van der Waals surface area contributed by atoms with Gasteiger partial charge in [-0.1, -0.05) is 31.2 Å². The first-order valence-corrected chi connectivity index (χ1v) is 8.11. The Morgan fingerprint density at radius 3 is 2.52 bits per heavy atom. The average molecular weight is 283 g/mol. The second kappa shape index (κ2) is 6.44. The number of hydrogen-bond donors (Lipinski definition) is 2. The number of piperidine rings is 1. The molecule has 112 valence electrons. The van der Waals surface area contributed by atoms with E-state index in [1.165, 1.54) is 29.7 Å². The Hall–Kier alpha value is -1.61. The molecule has 1 aromatic heterocycles. The van der Waals surface area contributed by atoms with Crippen LogP contribution in [0.5, 0.6) is 0 Å². The van der Waals surface area contributed by atoms with Crippen LogP contribution in [0.15, 0.2) is 24.3 Å². The van der Waals surface area contributed by atoms with Gasteiger partial charge in [-0.15, -0.1) is 0 Å². The van der Waals surface area contributed by atoms with E-state index in [4.69, 9.17) is 4.98 Å². The molecule has 0 amide bonds. The molecule has 1 aliphatic heterocycles. The zero-order valence-corrected chi connectivity index (χ0v) is 13.1. The third-order valence-electron chi connectivity index (χ3n) is 4.51. The highest BCUT2D eigenvalue weighted by atomic mass is 14.9. The topological polar surface area (TPSA) is 40.7 Å². The Labute approximate surface area is 127 Å². The van der Waals surface area contributed by atoms with Crippen molar-refractivity contribution in [2.75, 3.05) is 13.1 Å². The minimum Gasteiger partial charge on any atom is -0.346 e. The highest BCUT2D eigenvalue weighted by molar-refractivity contribution is 5.62. The molecule has 1 aliphatic rings. The lowest BCUT2D eigenvalue weighted by Gasteiger charge is -2.21. The second-order valence-corrected chi connectivity index (χ2v) is 6.11. The summed E-state index contributed by atoms with van der Waals surface area (Å²) in [5.41, 5.74) is 4.89. The van der Waals surface area contributed by atoms with E-state index in [2.05, 4.69) is 48.4 Å². The Kier molecular flexibility index (Phi) is 4.39. The number of imidazole rings is 1. The summed E-state index contributed by atoms with van der Waals surface area (Å²) in [4.78, 5) is 8.34. The average Bonchev–Trinajstić information content (AvgIpc) is 2.89. The first-order valence-electron chi connectivity index (χ1n) is 8.11. The molecule has 1 fully saturated rings. The third kappa shape index (κ3) is 3.35. The van der Waals surface area contributed by atoms with E-state index in [-0.39, 0.29) is 0 Å². The van der Waals surface area contributed by atoms with Gasteiger partial charge in [0, 0.05) is 17.7 Å². The molecule has 0 aliphatic carbocycles. The lowest BCUT2D eigenvalue weighted by Crippen LogP contribution is -2.28. The fourth-order valence-electron chi connectivity index (χ4n) is 3.16. The SMILES string of the molecule is CCc1ccc(-c2nc(CC3CCNCC3)[nH]c2C)cc1. The fourth-order valence-corrected chi connectivity index (χ4v) is 3.16. The Morgan fingerprint density at radius 1 is 1.14 bits per heavy atom. The van der Waals surface area contributed by atoms with E-state index in [1.54, 1.807) is 0 Å². The first-order chi connectivity index (χ1) is 10.3. The number of aromatic nitrogens is 2. The van der Waals surface area contributed by atoms with Crippen LogP contribution in [0.1, 0.15) is 36.8 Å². The molecule has 21 heavy (non-hydrogen) atoms. The molecule has 0 saturated carbocycles. The van der Waals surface area contributed by atoms with Crippen molar-refractivity contribution in [3.05, 3.63) is 41.3 Å². The molecule has 2 heterocycles. The van der Waals surface area contributed by atoms with E-state index >= 15 is 0 Å². The standard InChI is InChI=1S/C18H25N3/c1-3-14-4-6-16(7-5-14)18-13(2)20-17(21-18)12-15-8-10-19-11-9-15/h4-7,15,19H,3,8-12H2,1-2H3,(H,20,21). The molecule has 0 spiro atoms. The predicted molar refractivity (Wildman–Crippen MR) is 87.4 cm³/mol. The highest BCUT2D eigenvalue weighted by Crippen LogP contribution is 2.24. The Balaban J connectivity index is 1.76. The van der Waals surface area contributed by atoms with Crippen molar-refractivity contribution in [1.29, 1.82) is 0 Å². The van der Waals surface area contributed by atoms with Crippen LogP contribution in [0, 0.1) is 12.8 Å². The molecule has 2 N–H and O–H groups in total. The van der Waals surface area contributed by atoms with E-state index < -0.39 is 0 Å². The van der Waals surface area contributed by atoms with Gasteiger partial charge in [0.1, 0.15) is 5.82 Å². The summed E-state index contributed by atoms with van der Waals surface area (Å²) >= 11 is 0. The molecule has 0 unspecified atom stereocenters. The van der Waals surface area contributed by atoms with Crippen LogP contribution in [0.3, 0.4) is 0 Å². The number of rotatable bonds is 4. The highest BCUT2D eigenvalue weighted by Gasteiger charge is 2.16. The fraction of sp³-hybridized carbons (Fsp3) is 0.500. The largest absolute Gasteiger partial charge is 0.346 e. The molecule has 3 rings (SSSR count). The predicted octanol–water partition coefficient (Wildman–Crippen LogP) is 3.49. The number of hydrogen-bond acceptors (Lipinski definition) is 2. The number of aromatic amines is 1. The van der Waals surface area contributed by atoms with Gasteiger partial charge >= 0.3 is 0 Å². The van der Waals surface area contributed by atoms with Crippen molar-refractivity contribution in [2.45, 2.75) is 39.5 Å². The number of nitrogens with zero attached hydrogens (tertiary/aromatic N) is 1. The zero-order chi connectivity index (χ0) is 14.7. The van der Waals surface area contributed by atoms with Crippen molar-refractivity contribution < 1.29 is 0 Å². The summed E-state index contributed by atoms with van der Waals surface area (Å²) in [7, 11) is 0. The van der Waals surface area contributed by atoms with Gasteiger partial charge in [-0.05, 0) is 50.8 Å². The minimum atomic E-state index is 0.770. The third-order valence-corrected chi connectivity index (χ3v) is 4.51. The van der Waals surface area contributed by atoms with Crippen LogP contribution in [-0.4, -0.2) is 23.1 Å². The van der Waals surface area contributed by atoms with E-state index in [9.17, 15) is 0 Å². The van der Waals surface area contributed by atoms with E-state index in [0.29, 0.717) is 0 Å². The van der Waals surface area contributed by atoms with Crippen molar-refractivity contribution in [3.63, 3.8) is 0 Å². The summed E-state index contributed by atoms with van der Waals surface area (Å²) in [6, 6.07) is 8.79. The van der Waals surface area contributed by atoms with Crippen molar-refractivity contribution in [1.82, 2.24) is 15.3 Å². The van der Waals surface area contributed by atoms with E-state index in [1.807, 2.05) is 0 Å². The smallest absolute Gasteiger partial charge is 0.107 e. The Bertz CT molecular complexity index is 577. The normalized spacial score (nSPS) is 16.3. The van der Waals surface area contributed by atoms with Crippen LogP contribution in [-0.2, 0) is 12.8 Å². The van der Waals surface area contributed by atoms with Crippen molar-refractivity contribution >= 4 is 0 Å². The lowest BCUT2D eigenvalue weighted by atomic mass is 9.94. The molecule has 1 saturated heterocycles. The first kappa shape index (κ1) is 14.3. The summed E-state index contributed by atoms with van der Waals surface area (Å²) in [6.07, 6.45) is 4.69. The summed E-state index contributed by atoms with van der Waals surface area (Å²) < 4.78 is 0. The zero-order valence-electron chi connectivity index (χ0n) is 13.1. The maximum absolute atomic E-state index is 4.85. The molecule has 2 aromatic rings. The number of nitrogens with one attached hydrogen (secondary N) is 2. The van der Waals surface area contributed by atoms with E-state index in [0.717, 1.165) is 43.4 Å². The van der Waals surface area contributed by atoms with Gasteiger partial charge in [-0.2, -0.15) is 0 Å². The molecular weight excluding hydrogens is 258 g/mol. The van der Waals surface area contributed by atoms with Crippen LogP contribution in [0.4, 0.5) is 0 Å². The minimum absolute atomic E-state index is 0.770. The quantitative estimate of drug-likeness (QED) is 0.902. The maximum atomic E-state index is 4.85. The number of H-pyrrole nitrogens is 1. The van der Waals surface area contributed by atoms with Gasteiger partial charge in [0.05, 0.1) is 5.69 Å². The van der Waals surface area contributed by atoms with Crippen molar-refractivity contribution in [3.8, 4) is 11.3 Å². The number of benzene rings is 1. The van der Waals surface area contributed by atoms with Gasteiger partial charge in [0.15, 0.2) is 0 Å². The van der Waals surface area contributed by atoms with Crippen LogP contribution in [0.25, 0.3) is 11.3 Å². The molecule has 0 radical (unpaired) electrons. The van der Waals surface area contributed by atoms with Gasteiger partial charge in [-0.25, -0.2) is 4.98 Å². The van der Waals surface area contributed by atoms with Gasteiger partial charge in [0.2, 0.25) is 0 Å². The molecule has 0 bridgehead atoms. The summed E-state index contributed by atoms with van der Waals surface area (Å²) in [6.45, 7) is 6.61. The summed E-state index contributed by atoms with van der Waals surface area (Å²) in [5, 5.41) is 3.42. The van der Waals surface area contributed by atoms with Crippen LogP contribution >= 0.6 is 0 Å². The van der Waals surface area contributed by atoms with Gasteiger partial charge in [0.25, 0.3) is 0 Å². The monoisotopic (exact) mass is 283 g/mol. The second-order valence-electron chi connectivity index (χ2n) is 6.11. The number of aryl methyl sites for hydroxylation is 2. The summed E-state index contributed by atoms with van der Waals surface area (Å²) in [5.74, 6) is 1.92. The van der Waals surface area contributed by atoms with Gasteiger partial charge in [-0.3, -0.25) is 0 Å². The van der Waals surface area contributed by atoms with Crippen molar-refractivity contribution in [2.24, 2.45) is 5.92 Å². The van der Waals surface area contributed by atoms with Crippen LogP contribution < -0.4 is 5.32 Å². The molecular formula is C18H25N3. The lowest BCUT2D eigenvalue weighted by molar-refractivity contribution is 0.368. The van der Waals surface area contributed by atoms with Crippen LogP contribution in [0.2, 0.25) is 0 Å². The Morgan fingerprint density at radius 2 is 1.86 bits per heavy atom. The molecule has 1 aromatic carbocycles. The van der Waals surface area contributed by atoms with Gasteiger partial charge < -0.3 is 10.3 Å². The molecule has 3 heteroatoms. The molecule has 3 nitrogen and oxygen atoms in total. The maximum Gasteiger partial charge on any atom is 0.107 e.